The molecule has 3 heteroatoms. The first-order valence-electron chi connectivity index (χ1n) is 12.0. The van der Waals surface area contributed by atoms with E-state index in [0.29, 0.717) is 5.92 Å². The number of allylic oxidation sites excluding steroid dienone is 5. The molecule has 0 spiro atoms. The van der Waals surface area contributed by atoms with Crippen molar-refractivity contribution < 1.29 is 49.5 Å². The second kappa shape index (κ2) is 11.7. The van der Waals surface area contributed by atoms with E-state index in [2.05, 4.69) is 97.5 Å². The van der Waals surface area contributed by atoms with Crippen molar-refractivity contribution in [3.05, 3.63) is 88.0 Å². The van der Waals surface area contributed by atoms with Crippen LogP contribution >= 0.6 is 0 Å². The Morgan fingerprint density at radius 3 is 2.23 bits per heavy atom. The molecule has 0 radical (unpaired) electrons. The van der Waals surface area contributed by atoms with Gasteiger partial charge in [-0.2, -0.15) is 0 Å². The second-order valence-electron chi connectivity index (χ2n) is 11.6. The van der Waals surface area contributed by atoms with Gasteiger partial charge in [-0.05, 0) is 0 Å². The average Bonchev–Trinajstić information content (AvgIpc) is 3.33. The van der Waals surface area contributed by atoms with Crippen molar-refractivity contribution in [1.29, 1.82) is 0 Å². The summed E-state index contributed by atoms with van der Waals surface area (Å²) >= 11 is 1.54. The van der Waals surface area contributed by atoms with Crippen molar-refractivity contribution in [1.82, 2.24) is 0 Å². The van der Waals surface area contributed by atoms with Gasteiger partial charge in [0.25, 0.3) is 0 Å². The zero-order valence-corrected chi connectivity index (χ0v) is 25.7. The largest absolute Gasteiger partial charge is 1.00 e. The maximum atomic E-state index is 4.02. The van der Waals surface area contributed by atoms with Gasteiger partial charge >= 0.3 is 212 Å². The molecule has 0 aromatic heterocycles. The summed E-state index contributed by atoms with van der Waals surface area (Å²) in [6, 6.07) is 7.32. The van der Waals surface area contributed by atoms with E-state index in [-0.39, 0.29) is 43.1 Å². The van der Waals surface area contributed by atoms with Crippen LogP contribution in [0.3, 0.4) is 0 Å². The molecule has 2 aromatic carbocycles. The van der Waals surface area contributed by atoms with Gasteiger partial charge in [-0.25, -0.2) is 0 Å². The number of hydrogen-bond donors (Lipinski definition) is 0. The SMILES string of the molecule is C.C=CCCc1c(C)c2c([c]([Zr+2])c1C(C)(C)C)C(C1=CC=CC1)c1cc(C(C)(C)C)ccc1-2.[Cl-].[Cl-]. The van der Waals surface area contributed by atoms with Crippen molar-refractivity contribution in [3.8, 4) is 11.1 Å². The quantitative estimate of drug-likeness (QED) is 0.483. The third-order valence-corrected chi connectivity index (χ3v) is 8.50. The van der Waals surface area contributed by atoms with Gasteiger partial charge < -0.3 is 24.8 Å². The number of hydrogen-bond acceptors (Lipinski definition) is 0. The van der Waals surface area contributed by atoms with E-state index in [0.717, 1.165) is 19.3 Å². The van der Waals surface area contributed by atoms with Gasteiger partial charge in [-0.1, -0.05) is 7.43 Å². The van der Waals surface area contributed by atoms with Gasteiger partial charge in [0.15, 0.2) is 0 Å². The molecule has 0 fully saturated rings. The predicted molar refractivity (Wildman–Crippen MR) is 143 cm³/mol. The van der Waals surface area contributed by atoms with Crippen LogP contribution in [0.1, 0.15) is 101 Å². The molecule has 0 N–H and O–H groups in total. The first-order valence-corrected chi connectivity index (χ1v) is 13.2. The average molecular weight is 588 g/mol. The standard InChI is InChI=1S/C31H37.CH4.2ClH.Zr/c1-9-10-15-23-20(2)28-24-17-16-22(30(3,4)5)18-25(24)29(21-13-11-12-14-21)26(28)19-27(23)31(6,7)8;;;;/h9,11-13,16-18,29H,1,10,14-15H2,2-8H3;1H4;2*1H;/q;;;;+2/p-2. The molecular formula is C32H41Cl2Zr. The molecule has 1 unspecified atom stereocenters. The molecule has 4 rings (SSSR count). The van der Waals surface area contributed by atoms with Gasteiger partial charge in [0.05, 0.1) is 0 Å². The molecule has 2 aliphatic carbocycles. The Labute approximate surface area is 242 Å². The van der Waals surface area contributed by atoms with Crippen LogP contribution in [-0.4, -0.2) is 0 Å². The van der Waals surface area contributed by atoms with E-state index >= 15 is 0 Å². The summed E-state index contributed by atoms with van der Waals surface area (Å²) in [5.41, 5.74) is 14.0. The Morgan fingerprint density at radius 1 is 1.06 bits per heavy atom. The summed E-state index contributed by atoms with van der Waals surface area (Å²) in [5, 5.41) is 0. The van der Waals surface area contributed by atoms with E-state index < -0.39 is 0 Å². The van der Waals surface area contributed by atoms with E-state index in [4.69, 9.17) is 0 Å². The summed E-state index contributed by atoms with van der Waals surface area (Å²) in [6.45, 7) is 20.6. The summed E-state index contributed by atoms with van der Waals surface area (Å²) in [6.07, 6.45) is 12.2. The Balaban J connectivity index is 0.00000204. The minimum Gasteiger partial charge on any atom is -1.00 e. The monoisotopic (exact) mass is 585 g/mol. The maximum absolute atomic E-state index is 4.02. The first-order chi connectivity index (χ1) is 15.0. The number of benzene rings is 2. The molecule has 2 aromatic rings. The van der Waals surface area contributed by atoms with Crippen molar-refractivity contribution in [2.45, 2.75) is 91.9 Å². The van der Waals surface area contributed by atoms with Crippen molar-refractivity contribution in [3.63, 3.8) is 0 Å². The Kier molecular flexibility index (Phi) is 10.7. The van der Waals surface area contributed by atoms with Crippen LogP contribution in [0.4, 0.5) is 0 Å². The normalized spacial score (nSPS) is 15.9. The molecule has 0 saturated carbocycles. The van der Waals surface area contributed by atoms with Crippen LogP contribution < -0.4 is 28.1 Å². The fourth-order valence-electron chi connectivity index (χ4n) is 5.69. The van der Waals surface area contributed by atoms with Crippen LogP contribution in [-0.2, 0) is 42.0 Å². The molecule has 2 aliphatic rings. The smallest absolute Gasteiger partial charge is 1.00 e. The van der Waals surface area contributed by atoms with Gasteiger partial charge in [-0.15, -0.1) is 0 Å². The molecule has 0 aliphatic heterocycles. The zero-order valence-electron chi connectivity index (χ0n) is 21.7. The fourth-order valence-corrected chi connectivity index (χ4v) is 7.64. The van der Waals surface area contributed by atoms with Crippen molar-refractivity contribution >= 4 is 3.27 Å². The summed E-state index contributed by atoms with van der Waals surface area (Å²) in [5.74, 6) is 0.389. The minimum absolute atomic E-state index is 0. The molecule has 0 saturated heterocycles. The zero-order chi connectivity index (χ0) is 23.4. The Bertz CT molecular complexity index is 1150. The number of halogens is 2. The van der Waals surface area contributed by atoms with Gasteiger partial charge in [0.2, 0.25) is 0 Å². The van der Waals surface area contributed by atoms with E-state index in [1.807, 2.05) is 0 Å². The van der Waals surface area contributed by atoms with Crippen LogP contribution in [0.2, 0.25) is 0 Å². The second-order valence-corrected chi connectivity index (χ2v) is 12.8. The summed E-state index contributed by atoms with van der Waals surface area (Å²) < 4.78 is 1.59. The molecule has 0 heterocycles. The van der Waals surface area contributed by atoms with Crippen molar-refractivity contribution in [2.24, 2.45) is 0 Å². The van der Waals surface area contributed by atoms with E-state index in [9.17, 15) is 0 Å². The predicted octanol–water partition coefficient (Wildman–Crippen LogP) is 2.52. The number of rotatable bonds is 4. The number of fused-ring (bicyclic) bond motifs is 3. The van der Waals surface area contributed by atoms with Crippen LogP contribution in [0.15, 0.2) is 54.7 Å². The van der Waals surface area contributed by atoms with Gasteiger partial charge in [-0.3, -0.25) is 0 Å². The molecule has 0 nitrogen and oxygen atoms in total. The minimum atomic E-state index is 0. The molecule has 0 amide bonds. The van der Waals surface area contributed by atoms with Crippen LogP contribution in [0.5, 0.6) is 0 Å². The third-order valence-electron chi connectivity index (χ3n) is 7.22. The summed E-state index contributed by atoms with van der Waals surface area (Å²) in [4.78, 5) is 0. The first kappa shape index (κ1) is 32.2. The van der Waals surface area contributed by atoms with Gasteiger partial charge in [0.1, 0.15) is 0 Å². The molecule has 1 atom stereocenters. The third kappa shape index (κ3) is 5.69. The Hall–Kier alpha value is -0.877. The molecule has 0 bridgehead atoms. The van der Waals surface area contributed by atoms with Crippen LogP contribution in [0.25, 0.3) is 11.1 Å². The maximum Gasteiger partial charge on any atom is -1.00 e. The van der Waals surface area contributed by atoms with Gasteiger partial charge in [0, 0.05) is 0 Å². The fraction of sp³-hybridized carbons (Fsp3) is 0.438. The van der Waals surface area contributed by atoms with E-state index in [1.165, 1.54) is 52.5 Å². The van der Waals surface area contributed by atoms with E-state index in [1.54, 1.807) is 25.5 Å². The molecule has 187 valence electrons. The molecule has 35 heavy (non-hydrogen) atoms. The molecular weight excluding hydrogens is 546 g/mol. The van der Waals surface area contributed by atoms with Crippen LogP contribution in [0, 0.1) is 6.92 Å². The topological polar surface area (TPSA) is 0 Å². The van der Waals surface area contributed by atoms with Crippen molar-refractivity contribution in [2.75, 3.05) is 0 Å². The summed E-state index contributed by atoms with van der Waals surface area (Å²) in [7, 11) is 0. The Morgan fingerprint density at radius 2 is 1.71 bits per heavy atom.